The first-order chi connectivity index (χ1) is 10.7. The van der Waals surface area contributed by atoms with Crippen molar-refractivity contribution in [2.24, 2.45) is 0 Å². The quantitative estimate of drug-likeness (QED) is 0.623. The van der Waals surface area contributed by atoms with Crippen LogP contribution in [0.4, 0.5) is 22.7 Å². The van der Waals surface area contributed by atoms with Crippen molar-refractivity contribution in [1.82, 2.24) is 0 Å². The summed E-state index contributed by atoms with van der Waals surface area (Å²) < 4.78 is 5.82. The third kappa shape index (κ3) is 3.12. The number of nitrogens with two attached hydrogens (primary N) is 2. The van der Waals surface area contributed by atoms with Crippen molar-refractivity contribution in [2.75, 3.05) is 16.8 Å². The summed E-state index contributed by atoms with van der Waals surface area (Å²) in [5, 5.41) is 3.27. The van der Waals surface area contributed by atoms with Crippen molar-refractivity contribution in [3.05, 3.63) is 72.8 Å². The number of benzene rings is 3. The standard InChI is InChI=1S/C18H17N3O/c19-15-11-16(20)18(22-14-9-5-2-6-10-14)12-17(15)21-13-7-3-1-4-8-13/h1-12,21H,19-20H2. The van der Waals surface area contributed by atoms with Crippen LogP contribution in [0, 0.1) is 0 Å². The fourth-order valence-corrected chi connectivity index (χ4v) is 2.10. The lowest BCUT2D eigenvalue weighted by Gasteiger charge is -2.14. The first kappa shape index (κ1) is 13.8. The van der Waals surface area contributed by atoms with Gasteiger partial charge in [0.1, 0.15) is 5.75 Å². The van der Waals surface area contributed by atoms with Crippen LogP contribution in [0.3, 0.4) is 0 Å². The largest absolute Gasteiger partial charge is 0.455 e. The van der Waals surface area contributed by atoms with E-state index in [9.17, 15) is 0 Å². The lowest BCUT2D eigenvalue weighted by molar-refractivity contribution is 0.485. The number of hydrogen-bond donors (Lipinski definition) is 3. The predicted molar refractivity (Wildman–Crippen MR) is 91.5 cm³/mol. The van der Waals surface area contributed by atoms with Crippen molar-refractivity contribution in [1.29, 1.82) is 0 Å². The van der Waals surface area contributed by atoms with Crippen molar-refractivity contribution >= 4 is 22.7 Å². The van der Waals surface area contributed by atoms with Crippen LogP contribution < -0.4 is 21.5 Å². The summed E-state index contributed by atoms with van der Waals surface area (Å²) in [5.41, 5.74) is 14.8. The molecule has 0 atom stereocenters. The molecule has 110 valence electrons. The van der Waals surface area contributed by atoms with E-state index in [2.05, 4.69) is 5.32 Å². The van der Waals surface area contributed by atoms with Gasteiger partial charge in [0.15, 0.2) is 5.75 Å². The molecule has 5 N–H and O–H groups in total. The second-order valence-corrected chi connectivity index (χ2v) is 4.88. The number of nitrogen functional groups attached to an aromatic ring is 2. The van der Waals surface area contributed by atoms with Gasteiger partial charge in [-0.2, -0.15) is 0 Å². The van der Waals surface area contributed by atoms with Gasteiger partial charge in [-0.05, 0) is 30.3 Å². The molecule has 0 fully saturated rings. The molecule has 0 saturated carbocycles. The summed E-state index contributed by atoms with van der Waals surface area (Å²) in [6, 6.07) is 22.8. The molecule has 0 radical (unpaired) electrons. The molecular formula is C18H17N3O. The molecule has 0 heterocycles. The Bertz CT molecular complexity index is 695. The second-order valence-electron chi connectivity index (χ2n) is 4.88. The Morgan fingerprint density at radius 2 is 1.36 bits per heavy atom. The van der Waals surface area contributed by atoms with Gasteiger partial charge in [0, 0.05) is 11.8 Å². The molecule has 4 heteroatoms. The zero-order valence-electron chi connectivity index (χ0n) is 12.0. The van der Waals surface area contributed by atoms with Gasteiger partial charge in [0.25, 0.3) is 0 Å². The topological polar surface area (TPSA) is 73.3 Å². The van der Waals surface area contributed by atoms with Crippen molar-refractivity contribution < 1.29 is 4.74 Å². The zero-order valence-corrected chi connectivity index (χ0v) is 12.0. The third-order valence-corrected chi connectivity index (χ3v) is 3.21. The van der Waals surface area contributed by atoms with Gasteiger partial charge in [-0.1, -0.05) is 36.4 Å². The van der Waals surface area contributed by atoms with E-state index in [1.807, 2.05) is 66.7 Å². The molecule has 0 aliphatic carbocycles. The van der Waals surface area contributed by atoms with Crippen molar-refractivity contribution in [3.63, 3.8) is 0 Å². The number of nitrogens with one attached hydrogen (secondary N) is 1. The molecule has 4 nitrogen and oxygen atoms in total. The summed E-state index contributed by atoms with van der Waals surface area (Å²) in [7, 11) is 0. The average molecular weight is 291 g/mol. The maximum absolute atomic E-state index is 6.03. The van der Waals surface area contributed by atoms with E-state index in [-0.39, 0.29) is 0 Å². The van der Waals surface area contributed by atoms with E-state index in [1.165, 1.54) is 0 Å². The van der Waals surface area contributed by atoms with Crippen LogP contribution in [0.15, 0.2) is 72.8 Å². The lowest BCUT2D eigenvalue weighted by atomic mass is 10.2. The van der Waals surface area contributed by atoms with Crippen LogP contribution in [-0.2, 0) is 0 Å². The fourth-order valence-electron chi connectivity index (χ4n) is 2.10. The maximum Gasteiger partial charge on any atom is 0.152 e. The average Bonchev–Trinajstić information content (AvgIpc) is 2.54. The smallest absolute Gasteiger partial charge is 0.152 e. The summed E-state index contributed by atoms with van der Waals surface area (Å²) in [5.74, 6) is 1.29. The fraction of sp³-hybridized carbons (Fsp3) is 0. The van der Waals surface area contributed by atoms with E-state index < -0.39 is 0 Å². The van der Waals surface area contributed by atoms with E-state index >= 15 is 0 Å². The van der Waals surface area contributed by atoms with Crippen LogP contribution in [-0.4, -0.2) is 0 Å². The Morgan fingerprint density at radius 1 is 0.727 bits per heavy atom. The van der Waals surface area contributed by atoms with Crippen LogP contribution in [0.1, 0.15) is 0 Å². The number of ether oxygens (including phenoxy) is 1. The highest BCUT2D eigenvalue weighted by Gasteiger charge is 2.08. The number of anilines is 4. The number of para-hydroxylation sites is 2. The summed E-state index contributed by atoms with van der Waals surface area (Å²) in [4.78, 5) is 0. The summed E-state index contributed by atoms with van der Waals surface area (Å²) in [6.07, 6.45) is 0. The van der Waals surface area contributed by atoms with Gasteiger partial charge in [-0.25, -0.2) is 0 Å². The van der Waals surface area contributed by atoms with Gasteiger partial charge in [-0.15, -0.1) is 0 Å². The van der Waals surface area contributed by atoms with Gasteiger partial charge >= 0.3 is 0 Å². The number of rotatable bonds is 4. The molecule has 0 saturated heterocycles. The highest BCUT2D eigenvalue weighted by molar-refractivity contribution is 5.79. The van der Waals surface area contributed by atoms with Crippen LogP contribution in [0.25, 0.3) is 0 Å². The normalized spacial score (nSPS) is 10.2. The molecule has 3 aromatic carbocycles. The van der Waals surface area contributed by atoms with Crippen LogP contribution in [0.2, 0.25) is 0 Å². The molecule has 0 aliphatic rings. The molecule has 3 aromatic rings. The molecule has 0 aromatic heterocycles. The summed E-state index contributed by atoms with van der Waals surface area (Å²) >= 11 is 0. The Hall–Kier alpha value is -3.14. The lowest BCUT2D eigenvalue weighted by Crippen LogP contribution is -2.00. The maximum atomic E-state index is 6.03. The minimum absolute atomic E-state index is 0.500. The van der Waals surface area contributed by atoms with E-state index in [0.29, 0.717) is 17.1 Å². The van der Waals surface area contributed by atoms with Crippen molar-refractivity contribution in [3.8, 4) is 11.5 Å². The van der Waals surface area contributed by atoms with Crippen LogP contribution >= 0.6 is 0 Å². The Labute approximate surface area is 129 Å². The van der Waals surface area contributed by atoms with Gasteiger partial charge in [-0.3, -0.25) is 0 Å². The zero-order chi connectivity index (χ0) is 15.4. The van der Waals surface area contributed by atoms with Gasteiger partial charge in [0.2, 0.25) is 0 Å². The SMILES string of the molecule is Nc1cc(N)c(Oc2ccccc2)cc1Nc1ccccc1. The molecule has 0 spiro atoms. The summed E-state index contributed by atoms with van der Waals surface area (Å²) in [6.45, 7) is 0. The molecular weight excluding hydrogens is 274 g/mol. The second kappa shape index (κ2) is 6.10. The first-order valence-electron chi connectivity index (χ1n) is 6.96. The molecule has 22 heavy (non-hydrogen) atoms. The molecule has 0 amide bonds. The van der Waals surface area contributed by atoms with Gasteiger partial charge < -0.3 is 21.5 Å². The Balaban J connectivity index is 1.90. The van der Waals surface area contributed by atoms with E-state index in [1.54, 1.807) is 6.07 Å². The Morgan fingerprint density at radius 3 is 2.05 bits per heavy atom. The number of hydrogen-bond acceptors (Lipinski definition) is 4. The third-order valence-electron chi connectivity index (χ3n) is 3.21. The van der Waals surface area contributed by atoms with Gasteiger partial charge in [0.05, 0.1) is 17.1 Å². The van der Waals surface area contributed by atoms with E-state index in [4.69, 9.17) is 16.2 Å². The predicted octanol–water partition coefficient (Wildman–Crippen LogP) is 4.39. The highest BCUT2D eigenvalue weighted by Crippen LogP contribution is 2.35. The van der Waals surface area contributed by atoms with Crippen molar-refractivity contribution in [2.45, 2.75) is 0 Å². The Kier molecular flexibility index (Phi) is 3.83. The minimum Gasteiger partial charge on any atom is -0.455 e. The molecule has 0 bridgehead atoms. The molecule has 0 unspecified atom stereocenters. The van der Waals surface area contributed by atoms with E-state index in [0.717, 1.165) is 17.1 Å². The molecule has 0 aliphatic heterocycles. The minimum atomic E-state index is 0.500. The highest BCUT2D eigenvalue weighted by atomic mass is 16.5. The monoisotopic (exact) mass is 291 g/mol. The molecule has 3 rings (SSSR count). The first-order valence-corrected chi connectivity index (χ1v) is 6.96. The van der Waals surface area contributed by atoms with Crippen LogP contribution in [0.5, 0.6) is 11.5 Å².